The van der Waals surface area contributed by atoms with Crippen LogP contribution < -0.4 is 11.1 Å². The molecule has 4 saturated heterocycles. The Bertz CT molecular complexity index is 1970. The Morgan fingerprint density at radius 3 is 2.10 bits per heavy atom. The van der Waals surface area contributed by atoms with Crippen molar-refractivity contribution in [3.8, 4) is 0 Å². The van der Waals surface area contributed by atoms with Crippen molar-refractivity contribution >= 4 is 61.4 Å². The van der Waals surface area contributed by atoms with Crippen molar-refractivity contribution in [3.63, 3.8) is 0 Å². The topological polar surface area (TPSA) is 237 Å². The van der Waals surface area contributed by atoms with Crippen molar-refractivity contribution in [2.75, 3.05) is 6.79 Å². The Hall–Kier alpha value is -4.04. The lowest BCUT2D eigenvalue weighted by molar-refractivity contribution is -0.181. The molecular formula is C32H38N4O12S3. The minimum atomic E-state index is -4.02. The highest BCUT2D eigenvalue weighted by molar-refractivity contribution is 8.01. The third-order valence-corrected chi connectivity index (χ3v) is 14.6. The lowest BCUT2D eigenvalue weighted by Gasteiger charge is -2.44. The van der Waals surface area contributed by atoms with Crippen LogP contribution in [0.1, 0.15) is 51.3 Å². The number of β-lactam (4-membered cyclic amide) rings is 2. The maximum absolute atomic E-state index is 13.0. The first-order valence-corrected chi connectivity index (χ1v) is 19.5. The van der Waals surface area contributed by atoms with Crippen LogP contribution in [-0.2, 0) is 53.4 Å². The van der Waals surface area contributed by atoms with Gasteiger partial charge < -0.3 is 30.3 Å². The Morgan fingerprint density at radius 2 is 1.55 bits per heavy atom. The van der Waals surface area contributed by atoms with Crippen molar-refractivity contribution in [1.29, 1.82) is 0 Å². The first kappa shape index (κ1) is 38.2. The Kier molecular flexibility index (Phi) is 10.1. The number of aryl methyl sites for hydroxylation is 1. The predicted octanol–water partition coefficient (Wildman–Crippen LogP) is 0.653. The molecule has 4 aliphatic heterocycles. The van der Waals surface area contributed by atoms with Gasteiger partial charge in [-0.2, -0.15) is 8.42 Å². The summed E-state index contributed by atoms with van der Waals surface area (Å²) in [4.78, 5) is 65.8. The molecule has 0 aromatic heterocycles. The minimum absolute atomic E-state index is 0.0666. The normalized spacial score (nSPS) is 27.0. The van der Waals surface area contributed by atoms with Crippen molar-refractivity contribution in [3.05, 3.63) is 65.7 Å². The summed E-state index contributed by atoms with van der Waals surface area (Å²) >= 11 is 1.31. The molecule has 4 fully saturated rings. The number of nitrogens with zero attached hydrogens (tertiary/aromatic N) is 2. The second-order valence-electron chi connectivity index (χ2n) is 13.5. The number of hydrogen-bond acceptors (Lipinski definition) is 13. The molecule has 276 valence electrons. The molecule has 51 heavy (non-hydrogen) atoms. The van der Waals surface area contributed by atoms with E-state index in [4.69, 9.17) is 19.8 Å². The van der Waals surface area contributed by atoms with E-state index in [1.165, 1.54) is 42.6 Å². The molecule has 16 nitrogen and oxygen atoms in total. The van der Waals surface area contributed by atoms with E-state index in [-0.39, 0.29) is 11.3 Å². The van der Waals surface area contributed by atoms with Crippen LogP contribution in [0.5, 0.6) is 0 Å². The van der Waals surface area contributed by atoms with E-state index in [9.17, 15) is 40.8 Å². The summed E-state index contributed by atoms with van der Waals surface area (Å²) in [5.74, 6) is -3.32. The van der Waals surface area contributed by atoms with Crippen LogP contribution in [0.2, 0.25) is 0 Å². The Balaban J connectivity index is 0.000000392. The molecule has 0 radical (unpaired) electrons. The number of sulfone groups is 1. The van der Waals surface area contributed by atoms with Crippen molar-refractivity contribution in [2.24, 2.45) is 5.73 Å². The summed E-state index contributed by atoms with van der Waals surface area (Å²) in [6.07, 6.45) is -0.191. The quantitative estimate of drug-likeness (QED) is 0.145. The van der Waals surface area contributed by atoms with Crippen LogP contribution in [0.15, 0.2) is 59.5 Å². The Morgan fingerprint density at radius 1 is 0.980 bits per heavy atom. The number of fused-ring (bicyclic) bond motifs is 2. The number of thioether (sulfide) groups is 1. The van der Waals surface area contributed by atoms with Gasteiger partial charge in [-0.05, 0) is 52.3 Å². The van der Waals surface area contributed by atoms with Gasteiger partial charge >= 0.3 is 11.9 Å². The van der Waals surface area contributed by atoms with Crippen LogP contribution >= 0.6 is 11.8 Å². The number of ether oxygens (including phenoxy) is 2. The summed E-state index contributed by atoms with van der Waals surface area (Å²) in [6, 6.07) is 10.4. The van der Waals surface area contributed by atoms with Gasteiger partial charge in [0.15, 0.2) is 9.84 Å². The molecule has 4 aliphatic rings. The van der Waals surface area contributed by atoms with Gasteiger partial charge in [0.1, 0.15) is 34.9 Å². The fourth-order valence-corrected chi connectivity index (χ4v) is 10.6. The monoisotopic (exact) mass is 766 g/mol. The average molecular weight is 767 g/mol. The van der Waals surface area contributed by atoms with Gasteiger partial charge in [0.25, 0.3) is 10.1 Å². The number of rotatable bonds is 8. The fourth-order valence-electron chi connectivity index (χ4n) is 6.40. The number of nitrogens with two attached hydrogens (primary N) is 1. The summed E-state index contributed by atoms with van der Waals surface area (Å²) in [5.41, 5.74) is 7.59. The fraction of sp³-hybridized carbons (Fsp3) is 0.469. The standard InChI is InChI=1S/C25H30N4O9S2.C7H8O3S/c1-24(2)17(29-20(32)16(21(29)39-24)27-19(31)15(26)12-8-6-5-7-9-12)22(33)37-11-38-23(34)18-25(3,4)40(35,36)14-10-13(30)28(14)18;1-6-2-4-7(5-3-6)11(8,9)10/h5-9,14-18,21H,10-11,26H2,1-4H3,(H,27,31);2-5H,1H3,(H,8,9,10)/t14-,15+,16-,17+,18+,21-;/m1./s1. The van der Waals surface area contributed by atoms with Gasteiger partial charge in [-0.1, -0.05) is 48.0 Å². The third-order valence-electron chi connectivity index (χ3n) is 9.32. The van der Waals surface area contributed by atoms with Crippen LogP contribution in [0, 0.1) is 6.92 Å². The van der Waals surface area contributed by atoms with Crippen LogP contribution in [0.3, 0.4) is 0 Å². The lowest BCUT2D eigenvalue weighted by Crippen LogP contribution is -2.71. The molecular weight excluding hydrogens is 729 g/mol. The smallest absolute Gasteiger partial charge is 0.333 e. The second kappa shape index (κ2) is 13.5. The van der Waals surface area contributed by atoms with Crippen LogP contribution in [-0.4, -0.2) is 106 Å². The molecule has 0 saturated carbocycles. The molecule has 0 spiro atoms. The van der Waals surface area contributed by atoms with E-state index in [1.807, 2.05) is 6.92 Å². The number of hydrogen-bond donors (Lipinski definition) is 3. The zero-order chi connectivity index (χ0) is 37.8. The summed E-state index contributed by atoms with van der Waals surface area (Å²) in [6.45, 7) is 7.21. The van der Waals surface area contributed by atoms with E-state index in [1.54, 1.807) is 56.3 Å². The van der Waals surface area contributed by atoms with Crippen LogP contribution in [0.25, 0.3) is 0 Å². The zero-order valence-electron chi connectivity index (χ0n) is 28.2. The highest BCUT2D eigenvalue weighted by Gasteiger charge is 2.68. The molecule has 0 unspecified atom stereocenters. The molecule has 4 N–H and O–H groups in total. The highest BCUT2D eigenvalue weighted by Crippen LogP contribution is 2.51. The molecule has 3 amide bonds. The highest BCUT2D eigenvalue weighted by atomic mass is 32.2. The molecule has 2 aromatic carbocycles. The Labute approximate surface area is 299 Å². The SMILES string of the molecule is CC1(C)S[C@@H]2[C@H](NC(=O)[C@@H](N)c3ccccc3)C(=O)N2[C@H]1C(=O)OCOC(=O)[C@@H]1N2C(=O)C[C@H]2S(=O)(=O)C1(C)C.Cc1ccc(S(=O)(=O)O)cc1. The molecule has 4 heterocycles. The predicted molar refractivity (Wildman–Crippen MR) is 181 cm³/mol. The molecule has 19 heteroatoms. The third kappa shape index (κ3) is 6.84. The van der Waals surface area contributed by atoms with Gasteiger partial charge in [0.2, 0.25) is 24.5 Å². The molecule has 0 aliphatic carbocycles. The molecule has 0 bridgehead atoms. The van der Waals surface area contributed by atoms with Crippen molar-refractivity contribution < 1.29 is 54.8 Å². The minimum Gasteiger partial charge on any atom is -0.426 e. The van der Waals surface area contributed by atoms with E-state index in [2.05, 4.69) is 5.32 Å². The largest absolute Gasteiger partial charge is 0.426 e. The summed E-state index contributed by atoms with van der Waals surface area (Å²) < 4.78 is 62.9. The van der Waals surface area contributed by atoms with Crippen molar-refractivity contribution in [1.82, 2.24) is 15.1 Å². The molecule has 6 rings (SSSR count). The summed E-state index contributed by atoms with van der Waals surface area (Å²) in [7, 11) is -7.82. The first-order valence-electron chi connectivity index (χ1n) is 15.6. The van der Waals surface area contributed by atoms with Gasteiger partial charge in [-0.15, -0.1) is 11.8 Å². The van der Waals surface area contributed by atoms with Gasteiger partial charge in [0, 0.05) is 4.75 Å². The van der Waals surface area contributed by atoms with Crippen LogP contribution in [0.4, 0.5) is 0 Å². The second-order valence-corrected chi connectivity index (χ2v) is 19.4. The van der Waals surface area contributed by atoms with Gasteiger partial charge in [-0.3, -0.25) is 18.9 Å². The molecule has 6 atom stereocenters. The maximum Gasteiger partial charge on any atom is 0.333 e. The van der Waals surface area contributed by atoms with Gasteiger partial charge in [0.05, 0.1) is 16.1 Å². The molecule has 2 aromatic rings. The number of carbonyl (C=O) groups excluding carboxylic acids is 5. The van der Waals surface area contributed by atoms with E-state index >= 15 is 0 Å². The van der Waals surface area contributed by atoms with E-state index in [0.717, 1.165) is 10.5 Å². The zero-order valence-corrected chi connectivity index (χ0v) is 30.7. The first-order chi connectivity index (χ1) is 23.6. The number of esters is 2. The number of benzene rings is 2. The van der Waals surface area contributed by atoms with E-state index in [0.29, 0.717) is 5.56 Å². The lowest BCUT2D eigenvalue weighted by atomic mass is 9.95. The van der Waals surface area contributed by atoms with Gasteiger partial charge in [-0.25, -0.2) is 18.0 Å². The average Bonchev–Trinajstić information content (AvgIpc) is 3.38. The number of carbonyl (C=O) groups is 5. The number of amides is 3. The maximum atomic E-state index is 13.0. The van der Waals surface area contributed by atoms with Crippen molar-refractivity contribution in [2.45, 2.75) is 90.3 Å². The summed E-state index contributed by atoms with van der Waals surface area (Å²) in [5, 5.41) is 1.07. The number of nitrogens with one attached hydrogen (secondary N) is 1. The van der Waals surface area contributed by atoms with E-state index < -0.39 is 101 Å².